The van der Waals surface area contributed by atoms with Gasteiger partial charge in [-0.25, -0.2) is 0 Å². The minimum absolute atomic E-state index is 1.32. The van der Waals surface area contributed by atoms with Crippen molar-refractivity contribution < 1.29 is 0 Å². The first-order chi connectivity index (χ1) is 9.92. The molecule has 0 aliphatic heterocycles. The van der Waals surface area contributed by atoms with Crippen molar-refractivity contribution in [3.05, 3.63) is 71.5 Å². The van der Waals surface area contributed by atoms with Gasteiger partial charge in [-0.1, -0.05) is 66.8 Å². The molecule has 4 aromatic carbocycles. The molecule has 1 aliphatic rings. The van der Waals surface area contributed by atoms with Crippen LogP contribution in [-0.4, -0.2) is 0 Å². The van der Waals surface area contributed by atoms with Crippen LogP contribution in [0.1, 0.15) is 5.56 Å². The number of rotatable bonds is 0. The van der Waals surface area contributed by atoms with Crippen molar-refractivity contribution in [1.29, 1.82) is 0 Å². The van der Waals surface area contributed by atoms with E-state index in [-0.39, 0.29) is 0 Å². The predicted molar refractivity (Wildman–Crippen MR) is 87.7 cm³/mol. The zero-order chi connectivity index (χ0) is 13.1. The van der Waals surface area contributed by atoms with E-state index in [2.05, 4.69) is 72.8 Å². The lowest BCUT2D eigenvalue weighted by Crippen LogP contribution is -2.04. The molecule has 20 heavy (non-hydrogen) atoms. The largest absolute Gasteiger partial charge is 0.0610 e. The summed E-state index contributed by atoms with van der Waals surface area (Å²) in [6, 6.07) is 20.0. The summed E-state index contributed by atoms with van der Waals surface area (Å²) in [6.45, 7) is 0. The molecule has 1 aliphatic carbocycles. The molecule has 4 aromatic rings. The Morgan fingerprint density at radius 2 is 1.50 bits per heavy atom. The molecule has 0 saturated carbocycles. The Kier molecular flexibility index (Phi) is 1.78. The van der Waals surface area contributed by atoms with Crippen molar-refractivity contribution in [3.8, 4) is 0 Å². The van der Waals surface area contributed by atoms with Crippen LogP contribution in [0.4, 0.5) is 0 Å². The molecule has 0 atom stereocenters. The van der Waals surface area contributed by atoms with Gasteiger partial charge >= 0.3 is 0 Å². The first kappa shape index (κ1) is 10.2. The summed E-state index contributed by atoms with van der Waals surface area (Å²) >= 11 is 0. The molecule has 0 heteroatoms. The maximum Gasteiger partial charge on any atom is -0.00324 e. The molecule has 0 amide bonds. The fourth-order valence-electron chi connectivity index (χ4n) is 3.49. The number of hydrogen-bond donors (Lipinski definition) is 0. The predicted octanol–water partition coefficient (Wildman–Crippen LogP) is 4.67. The molecule has 0 saturated heterocycles. The second-order valence-corrected chi connectivity index (χ2v) is 5.45. The Balaban J connectivity index is 2.18. The third-order valence-electron chi connectivity index (χ3n) is 4.39. The molecule has 0 unspecified atom stereocenters. The summed E-state index contributed by atoms with van der Waals surface area (Å²) in [5.41, 5.74) is 1.33. The fraction of sp³-hybridized carbons (Fsp3) is 0. The molecular formula is C20H12. The fourth-order valence-corrected chi connectivity index (χ4v) is 3.49. The molecule has 0 nitrogen and oxygen atoms in total. The molecule has 92 valence electrons. The van der Waals surface area contributed by atoms with Crippen molar-refractivity contribution >= 4 is 44.5 Å². The zero-order valence-electron chi connectivity index (χ0n) is 10.9. The van der Waals surface area contributed by atoms with Gasteiger partial charge in [0, 0.05) is 0 Å². The normalized spacial score (nSPS) is 13.2. The van der Waals surface area contributed by atoms with Crippen LogP contribution in [0.2, 0.25) is 0 Å². The van der Waals surface area contributed by atoms with E-state index in [9.17, 15) is 0 Å². The smallest absolute Gasteiger partial charge is 0.00324 e. The van der Waals surface area contributed by atoms with Gasteiger partial charge in [-0.2, -0.15) is 0 Å². The number of fused-ring (bicyclic) bond motifs is 4. The van der Waals surface area contributed by atoms with E-state index < -0.39 is 0 Å². The molecule has 0 aromatic heterocycles. The molecule has 0 fully saturated rings. The Bertz CT molecular complexity index is 1080. The monoisotopic (exact) mass is 252 g/mol. The number of benzene rings is 4. The zero-order valence-corrected chi connectivity index (χ0v) is 10.9. The van der Waals surface area contributed by atoms with E-state index in [1.807, 2.05) is 0 Å². The van der Waals surface area contributed by atoms with Crippen molar-refractivity contribution in [2.75, 3.05) is 0 Å². The van der Waals surface area contributed by atoms with Crippen LogP contribution >= 0.6 is 0 Å². The molecule has 0 N–H and O–H groups in total. The van der Waals surface area contributed by atoms with E-state index in [1.165, 1.54) is 43.1 Å². The van der Waals surface area contributed by atoms with Crippen LogP contribution in [0.15, 0.2) is 60.7 Å². The van der Waals surface area contributed by atoms with Crippen molar-refractivity contribution in [2.24, 2.45) is 0 Å². The van der Waals surface area contributed by atoms with Crippen LogP contribution in [0.3, 0.4) is 0 Å². The van der Waals surface area contributed by atoms with Gasteiger partial charge in [0.25, 0.3) is 0 Å². The van der Waals surface area contributed by atoms with Crippen molar-refractivity contribution in [2.45, 2.75) is 0 Å². The lowest BCUT2D eigenvalue weighted by atomic mass is 9.93. The lowest BCUT2D eigenvalue weighted by Gasteiger charge is -2.10. The summed E-state index contributed by atoms with van der Waals surface area (Å²) in [4.78, 5) is 0. The highest BCUT2D eigenvalue weighted by Gasteiger charge is 2.09. The SMILES string of the molecule is C1=Cc2ccc3c(cc4cccc5cccc3c54)c2=C1. The average molecular weight is 252 g/mol. The molecular weight excluding hydrogens is 240 g/mol. The van der Waals surface area contributed by atoms with Gasteiger partial charge in [-0.3, -0.25) is 0 Å². The molecule has 0 heterocycles. The van der Waals surface area contributed by atoms with Gasteiger partial charge in [0.1, 0.15) is 0 Å². The summed E-state index contributed by atoms with van der Waals surface area (Å²) in [6.07, 6.45) is 6.54. The van der Waals surface area contributed by atoms with Crippen molar-refractivity contribution in [1.82, 2.24) is 0 Å². The highest BCUT2D eigenvalue weighted by molar-refractivity contribution is 6.21. The third-order valence-corrected chi connectivity index (χ3v) is 4.39. The number of allylic oxidation sites excluding steroid dienone is 1. The van der Waals surface area contributed by atoms with E-state index in [4.69, 9.17) is 0 Å². The maximum absolute atomic E-state index is 2.34. The average Bonchev–Trinajstić information content (AvgIpc) is 2.97. The van der Waals surface area contributed by atoms with Crippen LogP contribution in [0.25, 0.3) is 44.5 Å². The van der Waals surface area contributed by atoms with E-state index in [1.54, 1.807) is 0 Å². The second kappa shape index (κ2) is 3.49. The molecule has 0 spiro atoms. The lowest BCUT2D eigenvalue weighted by molar-refractivity contribution is 1.68. The van der Waals surface area contributed by atoms with E-state index >= 15 is 0 Å². The molecule has 5 rings (SSSR count). The third kappa shape index (κ3) is 1.16. The Morgan fingerprint density at radius 3 is 2.45 bits per heavy atom. The summed E-state index contributed by atoms with van der Waals surface area (Å²) < 4.78 is 0. The minimum Gasteiger partial charge on any atom is -0.0610 e. The number of hydrogen-bond acceptors (Lipinski definition) is 0. The minimum atomic E-state index is 1.32. The first-order valence-corrected chi connectivity index (χ1v) is 6.97. The highest BCUT2D eigenvalue weighted by atomic mass is 14.1. The van der Waals surface area contributed by atoms with Gasteiger partial charge < -0.3 is 0 Å². The second-order valence-electron chi connectivity index (χ2n) is 5.45. The van der Waals surface area contributed by atoms with Gasteiger partial charge in [0.15, 0.2) is 0 Å². The Hall–Kier alpha value is -2.60. The summed E-state index contributed by atoms with van der Waals surface area (Å²) in [5.74, 6) is 0. The first-order valence-electron chi connectivity index (χ1n) is 6.97. The summed E-state index contributed by atoms with van der Waals surface area (Å²) in [5, 5.41) is 9.47. The Morgan fingerprint density at radius 1 is 0.650 bits per heavy atom. The molecule has 0 radical (unpaired) electrons. The van der Waals surface area contributed by atoms with Gasteiger partial charge in [0.2, 0.25) is 0 Å². The van der Waals surface area contributed by atoms with Crippen LogP contribution < -0.4 is 5.22 Å². The van der Waals surface area contributed by atoms with Crippen LogP contribution in [-0.2, 0) is 0 Å². The van der Waals surface area contributed by atoms with Gasteiger partial charge in [-0.05, 0) is 49.2 Å². The van der Waals surface area contributed by atoms with Crippen LogP contribution in [0.5, 0.6) is 0 Å². The topological polar surface area (TPSA) is 0 Å². The Labute approximate surface area is 116 Å². The van der Waals surface area contributed by atoms with Crippen LogP contribution in [0, 0.1) is 0 Å². The van der Waals surface area contributed by atoms with Crippen molar-refractivity contribution in [3.63, 3.8) is 0 Å². The standard InChI is InChI=1S/C20H12/c1-5-14-6-3-9-18-17-11-10-13-4-2-8-16(13)19(17)12-15(7-1)20(14)18/h1-12H. The van der Waals surface area contributed by atoms with E-state index in [0.717, 1.165) is 0 Å². The van der Waals surface area contributed by atoms with E-state index in [0.29, 0.717) is 0 Å². The maximum atomic E-state index is 2.34. The highest BCUT2D eigenvalue weighted by Crippen LogP contribution is 2.32. The van der Waals surface area contributed by atoms with Gasteiger partial charge in [-0.15, -0.1) is 0 Å². The molecule has 0 bridgehead atoms. The summed E-state index contributed by atoms with van der Waals surface area (Å²) in [7, 11) is 0. The quantitative estimate of drug-likeness (QED) is 0.315. The van der Waals surface area contributed by atoms with Gasteiger partial charge in [0.05, 0.1) is 0 Å².